The molecule has 4 heteroatoms. The van der Waals surface area contributed by atoms with Crippen LogP contribution in [0.5, 0.6) is 5.75 Å². The highest BCUT2D eigenvalue weighted by molar-refractivity contribution is 5.29. The zero-order valence-electron chi connectivity index (χ0n) is 10.3. The fourth-order valence-electron chi connectivity index (χ4n) is 1.80. The molecule has 0 radical (unpaired) electrons. The fourth-order valence-corrected chi connectivity index (χ4v) is 1.80. The number of nitrogen functional groups attached to an aromatic ring is 1. The van der Waals surface area contributed by atoms with E-state index in [0.29, 0.717) is 24.5 Å². The van der Waals surface area contributed by atoms with Crippen LogP contribution in [0.2, 0.25) is 0 Å². The molecule has 0 fully saturated rings. The summed E-state index contributed by atoms with van der Waals surface area (Å²) in [7, 11) is 0. The van der Waals surface area contributed by atoms with Crippen LogP contribution in [0.4, 0.5) is 0 Å². The lowest BCUT2D eigenvalue weighted by atomic mass is 10.2. The van der Waals surface area contributed by atoms with Crippen molar-refractivity contribution in [3.8, 4) is 5.75 Å². The van der Waals surface area contributed by atoms with Crippen molar-refractivity contribution in [2.24, 2.45) is 0 Å². The molecule has 1 heterocycles. The van der Waals surface area contributed by atoms with Gasteiger partial charge in [-0.25, -0.2) is 0 Å². The van der Waals surface area contributed by atoms with Crippen LogP contribution in [0.15, 0.2) is 47.4 Å². The summed E-state index contributed by atoms with van der Waals surface area (Å²) in [6, 6.07) is 11.1. The Bertz CT molecular complexity index is 576. The molecular formula is C14H16N2O2. The van der Waals surface area contributed by atoms with E-state index < -0.39 is 0 Å². The summed E-state index contributed by atoms with van der Waals surface area (Å²) in [5.74, 6) is 6.11. The second kappa shape index (κ2) is 5.40. The van der Waals surface area contributed by atoms with E-state index in [-0.39, 0.29) is 5.43 Å². The molecule has 0 saturated heterocycles. The van der Waals surface area contributed by atoms with Crippen LogP contribution < -0.4 is 16.0 Å². The summed E-state index contributed by atoms with van der Waals surface area (Å²) in [5, 5.41) is 0. The van der Waals surface area contributed by atoms with Gasteiger partial charge in [-0.2, -0.15) is 0 Å². The first kappa shape index (κ1) is 12.2. The van der Waals surface area contributed by atoms with Crippen LogP contribution in [0.1, 0.15) is 18.2 Å². The molecule has 0 amide bonds. The van der Waals surface area contributed by atoms with Crippen LogP contribution >= 0.6 is 0 Å². The average Bonchev–Trinajstić information content (AvgIpc) is 2.41. The summed E-state index contributed by atoms with van der Waals surface area (Å²) in [6.07, 6.45) is 2.20. The van der Waals surface area contributed by atoms with Crippen LogP contribution in [0.3, 0.4) is 0 Å². The highest BCUT2D eigenvalue weighted by Gasteiger charge is 2.09. The second-order valence-corrected chi connectivity index (χ2v) is 3.99. The highest BCUT2D eigenvalue weighted by Crippen LogP contribution is 2.14. The predicted molar refractivity (Wildman–Crippen MR) is 71.0 cm³/mol. The number of hydrogen-bond acceptors (Lipinski definition) is 3. The molecule has 18 heavy (non-hydrogen) atoms. The van der Waals surface area contributed by atoms with Crippen molar-refractivity contribution in [2.45, 2.75) is 20.0 Å². The first-order chi connectivity index (χ1) is 8.72. The SMILES string of the molecule is CCc1c(OCc2ccccc2)c(=O)ccn1N. The number of ether oxygens (including phenoxy) is 1. The summed E-state index contributed by atoms with van der Waals surface area (Å²) < 4.78 is 7.04. The van der Waals surface area contributed by atoms with Crippen molar-refractivity contribution in [3.63, 3.8) is 0 Å². The minimum absolute atomic E-state index is 0.135. The lowest BCUT2D eigenvalue weighted by Gasteiger charge is -2.12. The Morgan fingerprint density at radius 3 is 2.61 bits per heavy atom. The van der Waals surface area contributed by atoms with Gasteiger partial charge in [-0.1, -0.05) is 37.3 Å². The van der Waals surface area contributed by atoms with Gasteiger partial charge in [-0.3, -0.25) is 9.47 Å². The number of nitrogens with zero attached hydrogens (tertiary/aromatic N) is 1. The Balaban J connectivity index is 2.24. The number of rotatable bonds is 4. The zero-order valence-corrected chi connectivity index (χ0v) is 10.3. The smallest absolute Gasteiger partial charge is 0.223 e. The number of hydrogen-bond donors (Lipinski definition) is 1. The molecule has 0 atom stereocenters. The maximum atomic E-state index is 11.8. The van der Waals surface area contributed by atoms with Gasteiger partial charge in [0.05, 0.1) is 5.69 Å². The van der Waals surface area contributed by atoms with Gasteiger partial charge >= 0.3 is 0 Å². The maximum absolute atomic E-state index is 11.8. The molecule has 94 valence electrons. The van der Waals surface area contributed by atoms with E-state index in [9.17, 15) is 4.79 Å². The third-order valence-electron chi connectivity index (χ3n) is 2.74. The van der Waals surface area contributed by atoms with Crippen LogP contribution in [-0.2, 0) is 13.0 Å². The number of pyridine rings is 1. The number of aromatic nitrogens is 1. The molecule has 0 aliphatic rings. The Kier molecular flexibility index (Phi) is 3.67. The lowest BCUT2D eigenvalue weighted by Crippen LogP contribution is -2.21. The van der Waals surface area contributed by atoms with Crippen molar-refractivity contribution < 1.29 is 4.74 Å². The molecule has 0 bridgehead atoms. The van der Waals surface area contributed by atoms with Gasteiger partial charge in [0.15, 0.2) is 5.75 Å². The minimum Gasteiger partial charge on any atom is -0.483 e. The first-order valence-corrected chi connectivity index (χ1v) is 5.88. The highest BCUT2D eigenvalue weighted by atomic mass is 16.5. The monoisotopic (exact) mass is 244 g/mol. The molecule has 2 rings (SSSR count). The predicted octanol–water partition coefficient (Wildman–Crippen LogP) is 1.70. The van der Waals surface area contributed by atoms with Gasteiger partial charge in [0.25, 0.3) is 0 Å². The summed E-state index contributed by atoms with van der Waals surface area (Å²) in [4.78, 5) is 11.8. The normalized spacial score (nSPS) is 10.3. The topological polar surface area (TPSA) is 57.2 Å². The molecule has 2 N–H and O–H groups in total. The van der Waals surface area contributed by atoms with E-state index >= 15 is 0 Å². The van der Waals surface area contributed by atoms with Crippen LogP contribution in [0, 0.1) is 0 Å². The van der Waals surface area contributed by atoms with Gasteiger partial charge in [-0.05, 0) is 12.0 Å². The van der Waals surface area contributed by atoms with Crippen LogP contribution in [-0.4, -0.2) is 4.68 Å². The fraction of sp³-hybridized carbons (Fsp3) is 0.214. The molecule has 2 aromatic rings. The maximum Gasteiger partial charge on any atom is 0.223 e. The van der Waals surface area contributed by atoms with E-state index in [1.807, 2.05) is 37.3 Å². The molecule has 1 aromatic carbocycles. The van der Waals surface area contributed by atoms with Gasteiger partial charge in [-0.15, -0.1) is 0 Å². The summed E-state index contributed by atoms with van der Waals surface area (Å²) in [6.45, 7) is 2.31. The second-order valence-electron chi connectivity index (χ2n) is 3.99. The van der Waals surface area contributed by atoms with Gasteiger partial charge in [0.1, 0.15) is 6.61 Å². The number of nitrogens with two attached hydrogens (primary N) is 1. The Hall–Kier alpha value is -2.23. The molecule has 0 unspecified atom stereocenters. The number of benzene rings is 1. The quantitative estimate of drug-likeness (QED) is 0.833. The third-order valence-corrected chi connectivity index (χ3v) is 2.74. The Morgan fingerprint density at radius 1 is 1.22 bits per heavy atom. The van der Waals surface area contributed by atoms with Gasteiger partial charge in [0, 0.05) is 12.3 Å². The Labute approximate surface area is 106 Å². The van der Waals surface area contributed by atoms with E-state index in [4.69, 9.17) is 10.6 Å². The molecule has 0 aliphatic heterocycles. The molecule has 4 nitrogen and oxygen atoms in total. The molecule has 0 spiro atoms. The molecular weight excluding hydrogens is 228 g/mol. The lowest BCUT2D eigenvalue weighted by molar-refractivity contribution is 0.297. The molecule has 0 aliphatic carbocycles. The van der Waals surface area contributed by atoms with E-state index in [0.717, 1.165) is 5.56 Å². The largest absolute Gasteiger partial charge is 0.483 e. The van der Waals surface area contributed by atoms with E-state index in [1.54, 1.807) is 6.20 Å². The van der Waals surface area contributed by atoms with E-state index in [1.165, 1.54) is 10.7 Å². The standard InChI is InChI=1S/C14H16N2O2/c1-2-12-14(13(17)8-9-16(12)15)18-10-11-6-4-3-5-7-11/h3-9H,2,10,15H2,1H3. The van der Waals surface area contributed by atoms with Crippen molar-refractivity contribution >= 4 is 0 Å². The summed E-state index contributed by atoms with van der Waals surface area (Å²) in [5.41, 5.74) is 1.59. The third kappa shape index (κ3) is 2.53. The van der Waals surface area contributed by atoms with Gasteiger partial charge < -0.3 is 10.6 Å². The van der Waals surface area contributed by atoms with E-state index in [2.05, 4.69) is 0 Å². The minimum atomic E-state index is -0.135. The van der Waals surface area contributed by atoms with Crippen LogP contribution in [0.25, 0.3) is 0 Å². The van der Waals surface area contributed by atoms with Crippen molar-refractivity contribution in [1.82, 2.24) is 4.68 Å². The van der Waals surface area contributed by atoms with Gasteiger partial charge in [0.2, 0.25) is 5.43 Å². The first-order valence-electron chi connectivity index (χ1n) is 5.88. The van der Waals surface area contributed by atoms with Crippen molar-refractivity contribution in [2.75, 3.05) is 5.84 Å². The van der Waals surface area contributed by atoms with Crippen molar-refractivity contribution in [3.05, 3.63) is 64.1 Å². The molecule has 1 aromatic heterocycles. The molecule has 0 saturated carbocycles. The average molecular weight is 244 g/mol. The Morgan fingerprint density at radius 2 is 1.94 bits per heavy atom. The zero-order chi connectivity index (χ0) is 13.0. The summed E-state index contributed by atoms with van der Waals surface area (Å²) >= 11 is 0. The van der Waals surface area contributed by atoms with Crippen molar-refractivity contribution in [1.29, 1.82) is 0 Å².